The smallest absolute Gasteiger partial charge is 0.410 e. The quantitative estimate of drug-likeness (QED) is 0.839. The zero-order valence-corrected chi connectivity index (χ0v) is 14.9. The molecule has 22 heavy (non-hydrogen) atoms. The first-order chi connectivity index (χ1) is 10.3. The van der Waals surface area contributed by atoms with Gasteiger partial charge in [0, 0.05) is 31.1 Å². The van der Waals surface area contributed by atoms with Gasteiger partial charge in [-0.25, -0.2) is 4.79 Å². The summed E-state index contributed by atoms with van der Waals surface area (Å²) in [5, 5.41) is 3.42. The van der Waals surface area contributed by atoms with E-state index in [1.807, 2.05) is 32.9 Å². The highest BCUT2D eigenvalue weighted by Crippen LogP contribution is 2.21. The van der Waals surface area contributed by atoms with Crippen molar-refractivity contribution in [3.8, 4) is 0 Å². The van der Waals surface area contributed by atoms with Crippen molar-refractivity contribution in [3.05, 3.63) is 33.0 Å². The molecule has 1 aliphatic rings. The van der Waals surface area contributed by atoms with Gasteiger partial charge in [0.15, 0.2) is 0 Å². The van der Waals surface area contributed by atoms with Gasteiger partial charge in [0.1, 0.15) is 5.60 Å². The number of carbonyl (C=O) groups is 1. The molecule has 0 bridgehead atoms. The minimum Gasteiger partial charge on any atom is -0.444 e. The molecule has 0 fully saturated rings. The summed E-state index contributed by atoms with van der Waals surface area (Å²) in [6.07, 6.45) is 2.77. The van der Waals surface area contributed by atoms with E-state index in [2.05, 4.69) is 11.4 Å². The number of carbonyl (C=O) groups excluding carboxylic acids is 1. The van der Waals surface area contributed by atoms with Gasteiger partial charge in [-0.3, -0.25) is 0 Å². The van der Waals surface area contributed by atoms with Gasteiger partial charge in [0.25, 0.3) is 0 Å². The third-order valence-electron chi connectivity index (χ3n) is 3.24. The van der Waals surface area contributed by atoms with Crippen LogP contribution in [0.3, 0.4) is 0 Å². The van der Waals surface area contributed by atoms with Crippen molar-refractivity contribution in [1.82, 2.24) is 10.2 Å². The molecule has 1 aliphatic heterocycles. The van der Waals surface area contributed by atoms with Crippen molar-refractivity contribution in [3.63, 3.8) is 0 Å². The first-order valence-electron chi connectivity index (χ1n) is 7.44. The second kappa shape index (κ2) is 7.49. The van der Waals surface area contributed by atoms with Crippen molar-refractivity contribution in [1.29, 1.82) is 0 Å². The van der Waals surface area contributed by atoms with Gasteiger partial charge in [-0.1, -0.05) is 23.3 Å². The monoisotopic (exact) mass is 342 g/mol. The van der Waals surface area contributed by atoms with E-state index in [0.717, 1.165) is 23.8 Å². The first-order valence-corrected chi connectivity index (χ1v) is 8.64. The molecule has 2 heterocycles. The summed E-state index contributed by atoms with van der Waals surface area (Å²) in [6, 6.07) is 3.96. The topological polar surface area (TPSA) is 41.6 Å². The average molecular weight is 343 g/mol. The van der Waals surface area contributed by atoms with Gasteiger partial charge in [-0.05, 0) is 39.3 Å². The first kappa shape index (κ1) is 17.3. The Balaban J connectivity index is 1.73. The van der Waals surface area contributed by atoms with E-state index < -0.39 is 5.60 Å². The molecule has 1 N–H and O–H groups in total. The summed E-state index contributed by atoms with van der Waals surface area (Å²) in [6.45, 7) is 8.66. The highest BCUT2D eigenvalue weighted by Gasteiger charge is 2.23. The lowest BCUT2D eigenvalue weighted by Gasteiger charge is -2.29. The van der Waals surface area contributed by atoms with E-state index in [-0.39, 0.29) is 6.09 Å². The third kappa shape index (κ3) is 5.63. The Kier molecular flexibility index (Phi) is 5.89. The van der Waals surface area contributed by atoms with Crippen molar-refractivity contribution >= 4 is 29.0 Å². The molecule has 0 aliphatic carbocycles. The van der Waals surface area contributed by atoms with Gasteiger partial charge in [0.05, 0.1) is 4.34 Å². The molecule has 0 saturated heterocycles. The molecule has 0 saturated carbocycles. The summed E-state index contributed by atoms with van der Waals surface area (Å²) in [4.78, 5) is 14.9. The highest BCUT2D eigenvalue weighted by molar-refractivity contribution is 7.16. The zero-order valence-electron chi connectivity index (χ0n) is 13.3. The van der Waals surface area contributed by atoms with Crippen LogP contribution in [0.4, 0.5) is 4.79 Å². The molecule has 2 rings (SSSR count). The fourth-order valence-corrected chi connectivity index (χ4v) is 3.21. The summed E-state index contributed by atoms with van der Waals surface area (Å²) < 4.78 is 6.21. The van der Waals surface area contributed by atoms with Crippen LogP contribution >= 0.6 is 22.9 Å². The summed E-state index contributed by atoms with van der Waals surface area (Å²) in [7, 11) is 0. The van der Waals surface area contributed by atoms with Crippen LogP contribution in [0, 0.1) is 0 Å². The Bertz CT molecular complexity index is 549. The molecule has 0 aromatic carbocycles. The Morgan fingerprint density at radius 2 is 2.18 bits per heavy atom. The van der Waals surface area contributed by atoms with Gasteiger partial charge in [-0.15, -0.1) is 11.3 Å². The minimum absolute atomic E-state index is 0.232. The van der Waals surface area contributed by atoms with Crippen LogP contribution in [0.25, 0.3) is 0 Å². The Hall–Kier alpha value is -1.04. The summed E-state index contributed by atoms with van der Waals surface area (Å²) in [5.74, 6) is 0. The number of rotatable bonds is 4. The molecule has 1 aromatic rings. The number of amides is 1. The van der Waals surface area contributed by atoms with Crippen LogP contribution in [0.5, 0.6) is 0 Å². The molecular formula is C16H23ClN2O2S. The Morgan fingerprint density at radius 1 is 1.41 bits per heavy atom. The van der Waals surface area contributed by atoms with Crippen LogP contribution in [-0.4, -0.2) is 36.2 Å². The molecule has 4 nitrogen and oxygen atoms in total. The van der Waals surface area contributed by atoms with E-state index >= 15 is 0 Å². The fraction of sp³-hybridized carbons (Fsp3) is 0.562. The maximum absolute atomic E-state index is 12.0. The molecule has 6 heteroatoms. The van der Waals surface area contributed by atoms with Crippen molar-refractivity contribution < 1.29 is 9.53 Å². The maximum Gasteiger partial charge on any atom is 0.410 e. The normalized spacial score (nSPS) is 15.6. The molecule has 1 aromatic heterocycles. The number of halogens is 1. The Labute approximate surface area is 141 Å². The van der Waals surface area contributed by atoms with E-state index in [0.29, 0.717) is 13.1 Å². The number of thiophene rings is 1. The van der Waals surface area contributed by atoms with Crippen molar-refractivity contribution in [2.24, 2.45) is 0 Å². The summed E-state index contributed by atoms with van der Waals surface area (Å²) in [5.41, 5.74) is 0.896. The molecule has 0 unspecified atom stereocenters. The van der Waals surface area contributed by atoms with E-state index in [1.165, 1.54) is 10.5 Å². The van der Waals surface area contributed by atoms with Crippen LogP contribution in [0.2, 0.25) is 4.34 Å². The van der Waals surface area contributed by atoms with Gasteiger partial charge in [0.2, 0.25) is 0 Å². The van der Waals surface area contributed by atoms with Gasteiger partial charge < -0.3 is 15.0 Å². The van der Waals surface area contributed by atoms with E-state index in [9.17, 15) is 4.79 Å². The standard InChI is InChI=1S/C16H23ClN2O2S/c1-16(2,3)21-15(20)19-8-6-12(7-9-19)10-18-11-13-4-5-14(17)22-13/h4-6,18H,7-11H2,1-3H3. The van der Waals surface area contributed by atoms with E-state index in [1.54, 1.807) is 16.2 Å². The maximum atomic E-state index is 12.0. The SMILES string of the molecule is CC(C)(C)OC(=O)N1CC=C(CNCc2ccc(Cl)s2)CC1. The number of hydrogen-bond donors (Lipinski definition) is 1. The van der Waals surface area contributed by atoms with Crippen LogP contribution in [-0.2, 0) is 11.3 Å². The predicted octanol–water partition coefficient (Wildman–Crippen LogP) is 4.06. The lowest BCUT2D eigenvalue weighted by atomic mass is 10.1. The third-order valence-corrected chi connectivity index (χ3v) is 4.47. The molecule has 0 radical (unpaired) electrons. The van der Waals surface area contributed by atoms with E-state index in [4.69, 9.17) is 16.3 Å². The molecule has 1 amide bonds. The minimum atomic E-state index is -0.440. The number of ether oxygens (including phenoxy) is 1. The lowest BCUT2D eigenvalue weighted by molar-refractivity contribution is 0.0265. The predicted molar refractivity (Wildman–Crippen MR) is 91.5 cm³/mol. The highest BCUT2D eigenvalue weighted by atomic mass is 35.5. The van der Waals surface area contributed by atoms with Gasteiger partial charge in [-0.2, -0.15) is 0 Å². The molecular weight excluding hydrogens is 320 g/mol. The largest absolute Gasteiger partial charge is 0.444 e. The second-order valence-electron chi connectivity index (χ2n) is 6.35. The summed E-state index contributed by atoms with van der Waals surface area (Å²) >= 11 is 7.51. The fourth-order valence-electron chi connectivity index (χ4n) is 2.16. The number of nitrogens with zero attached hydrogens (tertiary/aromatic N) is 1. The lowest BCUT2D eigenvalue weighted by Crippen LogP contribution is -2.39. The molecule has 0 atom stereocenters. The molecule has 0 spiro atoms. The Morgan fingerprint density at radius 3 is 2.73 bits per heavy atom. The van der Waals surface area contributed by atoms with Crippen LogP contribution in [0.1, 0.15) is 32.1 Å². The number of hydrogen-bond acceptors (Lipinski definition) is 4. The molecule has 122 valence electrons. The number of nitrogens with one attached hydrogen (secondary N) is 1. The van der Waals surface area contributed by atoms with Crippen LogP contribution in [0.15, 0.2) is 23.8 Å². The van der Waals surface area contributed by atoms with Crippen LogP contribution < -0.4 is 5.32 Å². The van der Waals surface area contributed by atoms with Crippen molar-refractivity contribution in [2.75, 3.05) is 19.6 Å². The zero-order chi connectivity index (χ0) is 16.2. The van der Waals surface area contributed by atoms with Gasteiger partial charge >= 0.3 is 6.09 Å². The van der Waals surface area contributed by atoms with Crippen molar-refractivity contribution in [2.45, 2.75) is 39.3 Å². The average Bonchev–Trinajstić information content (AvgIpc) is 2.83. The second-order valence-corrected chi connectivity index (χ2v) is 8.15.